The zero-order chi connectivity index (χ0) is 20.8. The van der Waals surface area contributed by atoms with Crippen molar-refractivity contribution in [2.75, 3.05) is 6.54 Å². The summed E-state index contributed by atoms with van der Waals surface area (Å²) in [7, 11) is 0. The maximum absolute atomic E-state index is 14.2. The summed E-state index contributed by atoms with van der Waals surface area (Å²) in [5.74, 6) is -4.26. The van der Waals surface area contributed by atoms with Gasteiger partial charge in [0.1, 0.15) is 5.75 Å². The average molecular weight is 392 g/mol. The Hall–Kier alpha value is -2.21. The van der Waals surface area contributed by atoms with E-state index in [9.17, 15) is 13.6 Å². The topological polar surface area (TPSA) is 64.3 Å². The van der Waals surface area contributed by atoms with Crippen LogP contribution in [-0.4, -0.2) is 18.4 Å². The van der Waals surface area contributed by atoms with E-state index in [0.717, 1.165) is 37.4 Å². The third kappa shape index (κ3) is 5.89. The number of carbonyl (C=O) groups excluding carboxylic acids is 1. The van der Waals surface area contributed by atoms with Crippen molar-refractivity contribution in [3.8, 4) is 5.75 Å². The van der Waals surface area contributed by atoms with E-state index in [0.29, 0.717) is 17.7 Å². The summed E-state index contributed by atoms with van der Waals surface area (Å²) in [6, 6.07) is 7.05. The summed E-state index contributed by atoms with van der Waals surface area (Å²) in [6.45, 7) is 8.39. The molecule has 6 heteroatoms. The highest BCUT2D eigenvalue weighted by molar-refractivity contribution is 5.92. The van der Waals surface area contributed by atoms with E-state index < -0.39 is 24.0 Å². The number of carbonyl (C=O) groups is 1. The highest BCUT2D eigenvalue weighted by Gasteiger charge is 2.40. The number of nitrogens with one attached hydrogen (secondary N) is 1. The van der Waals surface area contributed by atoms with E-state index in [4.69, 9.17) is 10.5 Å². The second kappa shape index (κ2) is 9.32. The standard InChI is InChI=1S/C22H30F2N2O2/c1-4-21(3,5-2)12-13-26-15-16-6-9-18(10-7-16)28-19-11-8-17(20(25)27)14-22(19,23)24/h6-11,26H,4-5,12-15H2,1-3H3,(H2,25,27). The largest absolute Gasteiger partial charge is 0.455 e. The maximum atomic E-state index is 14.2. The van der Waals surface area contributed by atoms with E-state index in [1.807, 2.05) is 12.1 Å². The third-order valence-electron chi connectivity index (χ3n) is 5.62. The lowest BCUT2D eigenvalue weighted by molar-refractivity contribution is -0.115. The normalized spacial score (nSPS) is 16.3. The Morgan fingerprint density at radius 1 is 1.21 bits per heavy atom. The lowest BCUT2D eigenvalue weighted by atomic mass is 9.81. The highest BCUT2D eigenvalue weighted by Crippen LogP contribution is 2.36. The van der Waals surface area contributed by atoms with Crippen LogP contribution < -0.4 is 15.8 Å². The first kappa shape index (κ1) is 22.1. The van der Waals surface area contributed by atoms with Crippen LogP contribution in [0.5, 0.6) is 5.75 Å². The fourth-order valence-corrected chi connectivity index (χ4v) is 2.99. The van der Waals surface area contributed by atoms with Gasteiger partial charge in [0.05, 0.1) is 0 Å². The van der Waals surface area contributed by atoms with E-state index in [-0.39, 0.29) is 5.57 Å². The Balaban J connectivity index is 1.90. The van der Waals surface area contributed by atoms with E-state index in [1.165, 1.54) is 6.08 Å². The second-order valence-electron chi connectivity index (χ2n) is 7.66. The monoisotopic (exact) mass is 392 g/mol. The second-order valence-corrected chi connectivity index (χ2v) is 7.66. The number of primary amides is 1. The molecule has 2 rings (SSSR count). The lowest BCUT2D eigenvalue weighted by Gasteiger charge is -2.26. The molecule has 0 fully saturated rings. The molecule has 0 unspecified atom stereocenters. The molecule has 0 aromatic heterocycles. The summed E-state index contributed by atoms with van der Waals surface area (Å²) in [5.41, 5.74) is 6.39. The molecule has 1 aromatic carbocycles. The molecule has 0 radical (unpaired) electrons. The highest BCUT2D eigenvalue weighted by atomic mass is 19.3. The smallest absolute Gasteiger partial charge is 0.308 e. The molecule has 1 aliphatic carbocycles. The minimum absolute atomic E-state index is 0.110. The summed E-state index contributed by atoms with van der Waals surface area (Å²) >= 11 is 0. The Morgan fingerprint density at radius 3 is 2.39 bits per heavy atom. The van der Waals surface area contributed by atoms with Gasteiger partial charge in [0.2, 0.25) is 5.91 Å². The van der Waals surface area contributed by atoms with Gasteiger partial charge in [0, 0.05) is 18.5 Å². The Labute approximate surface area is 165 Å². The SMILES string of the molecule is CCC(C)(CC)CCNCc1ccc(OC2=CC=C(C(N)=O)CC2(F)F)cc1. The molecule has 154 valence electrons. The lowest BCUT2D eigenvalue weighted by Crippen LogP contribution is -2.30. The quantitative estimate of drug-likeness (QED) is 0.567. The van der Waals surface area contributed by atoms with Crippen molar-refractivity contribution >= 4 is 5.91 Å². The molecule has 1 amide bonds. The van der Waals surface area contributed by atoms with Crippen LogP contribution in [0.25, 0.3) is 0 Å². The summed E-state index contributed by atoms with van der Waals surface area (Å²) in [5, 5.41) is 3.43. The summed E-state index contributed by atoms with van der Waals surface area (Å²) in [6.07, 6.45) is 5.09. The fraction of sp³-hybridized carbons (Fsp3) is 0.500. The zero-order valence-corrected chi connectivity index (χ0v) is 16.9. The zero-order valence-electron chi connectivity index (χ0n) is 16.9. The van der Waals surface area contributed by atoms with Crippen molar-refractivity contribution in [1.29, 1.82) is 0 Å². The van der Waals surface area contributed by atoms with Gasteiger partial charge in [0.25, 0.3) is 0 Å². The molecule has 3 N–H and O–H groups in total. The molecule has 0 saturated carbocycles. The van der Waals surface area contributed by atoms with Crippen molar-refractivity contribution in [3.63, 3.8) is 0 Å². The molecular formula is C22H30F2N2O2. The molecular weight excluding hydrogens is 362 g/mol. The average Bonchev–Trinajstić information content (AvgIpc) is 2.67. The van der Waals surface area contributed by atoms with Gasteiger partial charge >= 0.3 is 5.92 Å². The van der Waals surface area contributed by atoms with E-state index in [1.54, 1.807) is 12.1 Å². The van der Waals surface area contributed by atoms with Crippen LogP contribution in [0.2, 0.25) is 0 Å². The van der Waals surface area contributed by atoms with Crippen molar-refractivity contribution < 1.29 is 18.3 Å². The van der Waals surface area contributed by atoms with Crippen LogP contribution in [0, 0.1) is 5.41 Å². The molecule has 0 atom stereocenters. The molecule has 1 aromatic rings. The van der Waals surface area contributed by atoms with Crippen molar-refractivity contribution in [1.82, 2.24) is 5.32 Å². The fourth-order valence-electron chi connectivity index (χ4n) is 2.99. The van der Waals surface area contributed by atoms with Gasteiger partial charge in [-0.2, -0.15) is 8.78 Å². The maximum Gasteiger partial charge on any atom is 0.308 e. The van der Waals surface area contributed by atoms with Crippen LogP contribution in [0.4, 0.5) is 8.78 Å². The molecule has 0 aliphatic heterocycles. The minimum atomic E-state index is -3.26. The minimum Gasteiger partial charge on any atom is -0.455 e. The first-order valence-corrected chi connectivity index (χ1v) is 9.75. The summed E-state index contributed by atoms with van der Waals surface area (Å²) < 4.78 is 33.7. The van der Waals surface area contributed by atoms with Crippen molar-refractivity contribution in [2.24, 2.45) is 11.1 Å². The molecule has 28 heavy (non-hydrogen) atoms. The number of halogens is 2. The van der Waals surface area contributed by atoms with Crippen LogP contribution in [-0.2, 0) is 11.3 Å². The predicted octanol–water partition coefficient (Wildman–Crippen LogP) is 4.71. The van der Waals surface area contributed by atoms with Gasteiger partial charge in [0.15, 0.2) is 5.76 Å². The molecule has 0 bridgehead atoms. The first-order valence-electron chi connectivity index (χ1n) is 9.75. The predicted molar refractivity (Wildman–Crippen MR) is 107 cm³/mol. The number of hydrogen-bond donors (Lipinski definition) is 2. The molecule has 0 heterocycles. The van der Waals surface area contributed by atoms with Crippen LogP contribution in [0.1, 0.15) is 52.0 Å². The van der Waals surface area contributed by atoms with Gasteiger partial charge < -0.3 is 15.8 Å². The number of benzene rings is 1. The Bertz CT molecular complexity index is 735. The Kier molecular flexibility index (Phi) is 7.35. The number of hydrogen-bond acceptors (Lipinski definition) is 3. The van der Waals surface area contributed by atoms with Gasteiger partial charge in [-0.3, -0.25) is 4.79 Å². The molecule has 0 spiro atoms. The van der Waals surface area contributed by atoms with Gasteiger partial charge in [-0.25, -0.2) is 0 Å². The van der Waals surface area contributed by atoms with E-state index >= 15 is 0 Å². The number of amides is 1. The van der Waals surface area contributed by atoms with E-state index in [2.05, 4.69) is 26.1 Å². The first-order chi connectivity index (χ1) is 13.2. The molecule has 0 saturated heterocycles. The van der Waals surface area contributed by atoms with Crippen molar-refractivity contribution in [2.45, 2.75) is 58.9 Å². The number of nitrogens with two attached hydrogens (primary N) is 1. The number of rotatable bonds is 10. The summed E-state index contributed by atoms with van der Waals surface area (Å²) in [4.78, 5) is 11.1. The number of ether oxygens (including phenoxy) is 1. The van der Waals surface area contributed by atoms with Crippen molar-refractivity contribution in [3.05, 3.63) is 53.3 Å². The third-order valence-corrected chi connectivity index (χ3v) is 5.62. The molecule has 4 nitrogen and oxygen atoms in total. The Morgan fingerprint density at radius 2 is 1.86 bits per heavy atom. The van der Waals surface area contributed by atoms with Crippen LogP contribution in [0.15, 0.2) is 47.7 Å². The van der Waals surface area contributed by atoms with Gasteiger partial charge in [-0.15, -0.1) is 0 Å². The molecule has 1 aliphatic rings. The van der Waals surface area contributed by atoms with Gasteiger partial charge in [-0.05, 0) is 48.2 Å². The van der Waals surface area contributed by atoms with Crippen LogP contribution >= 0.6 is 0 Å². The van der Waals surface area contributed by atoms with Crippen LogP contribution in [0.3, 0.4) is 0 Å². The number of alkyl halides is 2. The van der Waals surface area contributed by atoms with Gasteiger partial charge in [-0.1, -0.05) is 45.7 Å². The number of allylic oxidation sites excluding steroid dienone is 3.